The van der Waals surface area contributed by atoms with Crippen LogP contribution in [0.15, 0.2) is 36.9 Å². The van der Waals surface area contributed by atoms with E-state index in [1.54, 1.807) is 10.8 Å². The fourth-order valence-corrected chi connectivity index (χ4v) is 1.98. The number of nitrogens with two attached hydrogens (primary N) is 1. The summed E-state index contributed by atoms with van der Waals surface area (Å²) in [6, 6.07) is 8.00. The Bertz CT molecular complexity index is 597. The summed E-state index contributed by atoms with van der Waals surface area (Å²) in [5, 5.41) is 4.39. The van der Waals surface area contributed by atoms with E-state index in [0.717, 1.165) is 18.3 Å². The lowest BCUT2D eigenvalue weighted by Gasteiger charge is -2.00. The van der Waals surface area contributed by atoms with Crippen molar-refractivity contribution in [3.63, 3.8) is 0 Å². The lowest BCUT2D eigenvalue weighted by molar-refractivity contribution is 0.112. The molecule has 2 N–H and O–H groups in total. The molecule has 0 aliphatic rings. The molecule has 1 heterocycles. The van der Waals surface area contributed by atoms with E-state index in [0.29, 0.717) is 23.6 Å². The first-order valence-electron chi connectivity index (χ1n) is 6.23. The third-order valence-electron chi connectivity index (χ3n) is 3.09. The maximum absolute atomic E-state index is 11.2. The first-order valence-corrected chi connectivity index (χ1v) is 6.23. The first-order chi connectivity index (χ1) is 9.21. The Balaban J connectivity index is 2.50. The first kappa shape index (κ1) is 13.1. The molecule has 0 aliphatic heterocycles. The van der Waals surface area contributed by atoms with Crippen molar-refractivity contribution in [1.82, 2.24) is 9.78 Å². The lowest BCUT2D eigenvalue weighted by atomic mass is 10.1. The predicted octanol–water partition coefficient (Wildman–Crippen LogP) is 2.69. The van der Waals surface area contributed by atoms with Gasteiger partial charge in [-0.2, -0.15) is 5.10 Å². The molecule has 4 nitrogen and oxygen atoms in total. The van der Waals surface area contributed by atoms with Crippen LogP contribution in [0.4, 0.5) is 5.82 Å². The molecule has 2 aromatic rings. The predicted molar refractivity (Wildman–Crippen MR) is 77.0 cm³/mol. The summed E-state index contributed by atoms with van der Waals surface area (Å²) >= 11 is 0. The molecule has 98 valence electrons. The second-order valence-corrected chi connectivity index (χ2v) is 4.29. The number of nitrogens with zero attached hydrogens (tertiary/aromatic N) is 2. The van der Waals surface area contributed by atoms with Gasteiger partial charge in [0.25, 0.3) is 0 Å². The highest BCUT2D eigenvalue weighted by atomic mass is 16.1. The van der Waals surface area contributed by atoms with Crippen LogP contribution in [0.2, 0.25) is 0 Å². The Morgan fingerprint density at radius 1 is 1.37 bits per heavy atom. The van der Waals surface area contributed by atoms with Crippen molar-refractivity contribution < 1.29 is 4.79 Å². The third kappa shape index (κ3) is 2.42. The Labute approximate surface area is 112 Å². The van der Waals surface area contributed by atoms with E-state index in [4.69, 9.17) is 5.73 Å². The molecule has 0 radical (unpaired) electrons. The van der Waals surface area contributed by atoms with Gasteiger partial charge in [-0.25, -0.2) is 4.68 Å². The van der Waals surface area contributed by atoms with Gasteiger partial charge in [0.15, 0.2) is 6.29 Å². The average Bonchev–Trinajstić information content (AvgIpc) is 2.76. The molecule has 0 fully saturated rings. The number of aryl methyl sites for hydroxylation is 1. The molecule has 0 atom stereocenters. The molecule has 2 rings (SSSR count). The fraction of sp³-hybridized carbons (Fsp3) is 0.200. The van der Waals surface area contributed by atoms with Gasteiger partial charge in [-0.1, -0.05) is 37.3 Å². The summed E-state index contributed by atoms with van der Waals surface area (Å²) in [7, 11) is 0. The summed E-state index contributed by atoms with van der Waals surface area (Å²) in [6.45, 7) is 6.24. The maximum Gasteiger partial charge on any atom is 0.156 e. The van der Waals surface area contributed by atoms with Gasteiger partial charge in [0.2, 0.25) is 0 Å². The minimum Gasteiger partial charge on any atom is -0.383 e. The molecule has 0 amide bonds. The van der Waals surface area contributed by atoms with Gasteiger partial charge >= 0.3 is 0 Å². The van der Waals surface area contributed by atoms with Crippen molar-refractivity contribution in [2.75, 3.05) is 5.73 Å². The highest BCUT2D eigenvalue weighted by Crippen LogP contribution is 2.26. The molecule has 4 heteroatoms. The van der Waals surface area contributed by atoms with Gasteiger partial charge in [0.1, 0.15) is 11.5 Å². The topological polar surface area (TPSA) is 60.9 Å². The summed E-state index contributed by atoms with van der Waals surface area (Å²) in [4.78, 5) is 11.2. The highest BCUT2D eigenvalue weighted by Gasteiger charge is 2.15. The van der Waals surface area contributed by atoms with Crippen molar-refractivity contribution in [1.29, 1.82) is 0 Å². The number of rotatable bonds is 5. The second kappa shape index (κ2) is 5.52. The van der Waals surface area contributed by atoms with Gasteiger partial charge in [0, 0.05) is 5.56 Å². The third-order valence-corrected chi connectivity index (χ3v) is 3.09. The van der Waals surface area contributed by atoms with E-state index in [2.05, 4.69) is 18.6 Å². The molecule has 0 bridgehead atoms. The van der Waals surface area contributed by atoms with E-state index < -0.39 is 0 Å². The van der Waals surface area contributed by atoms with Crippen molar-refractivity contribution in [3.05, 3.63) is 48.0 Å². The SMILES string of the molecule is C=CCn1nc(-c2ccc(CC)cc2)c(C=O)c1N. The molecule has 1 aromatic heterocycles. The molecule has 0 spiro atoms. The fourth-order valence-electron chi connectivity index (χ4n) is 1.98. The van der Waals surface area contributed by atoms with E-state index in [9.17, 15) is 4.79 Å². The maximum atomic E-state index is 11.2. The lowest BCUT2D eigenvalue weighted by Crippen LogP contribution is -2.03. The monoisotopic (exact) mass is 255 g/mol. The standard InChI is InChI=1S/C15H17N3O/c1-3-9-18-15(16)13(10-19)14(17-18)12-7-5-11(4-2)6-8-12/h3,5-8,10H,1,4,9,16H2,2H3. The van der Waals surface area contributed by atoms with Gasteiger partial charge in [-0.05, 0) is 12.0 Å². The van der Waals surface area contributed by atoms with Crippen LogP contribution in [-0.4, -0.2) is 16.1 Å². The van der Waals surface area contributed by atoms with E-state index in [-0.39, 0.29) is 0 Å². The van der Waals surface area contributed by atoms with Gasteiger partial charge < -0.3 is 5.73 Å². The molecule has 1 aromatic carbocycles. The van der Waals surface area contributed by atoms with Crippen molar-refractivity contribution in [3.8, 4) is 11.3 Å². The molecule has 0 unspecified atom stereocenters. The van der Waals surface area contributed by atoms with E-state index in [1.165, 1.54) is 5.56 Å². The molecule has 0 saturated heterocycles. The number of hydrogen-bond acceptors (Lipinski definition) is 3. The quantitative estimate of drug-likeness (QED) is 0.660. The second-order valence-electron chi connectivity index (χ2n) is 4.29. The van der Waals surface area contributed by atoms with Crippen LogP contribution >= 0.6 is 0 Å². The van der Waals surface area contributed by atoms with Gasteiger partial charge in [0.05, 0.1) is 12.1 Å². The zero-order valence-corrected chi connectivity index (χ0v) is 11.0. The number of benzene rings is 1. The zero-order chi connectivity index (χ0) is 13.8. The van der Waals surface area contributed by atoms with Gasteiger partial charge in [-0.15, -0.1) is 6.58 Å². The summed E-state index contributed by atoms with van der Waals surface area (Å²) < 4.78 is 1.58. The van der Waals surface area contributed by atoms with Crippen LogP contribution in [0.3, 0.4) is 0 Å². The molecule has 0 aliphatic carbocycles. The van der Waals surface area contributed by atoms with Crippen molar-refractivity contribution in [2.45, 2.75) is 19.9 Å². The number of nitrogen functional groups attached to an aromatic ring is 1. The average molecular weight is 255 g/mol. The van der Waals surface area contributed by atoms with Crippen LogP contribution in [-0.2, 0) is 13.0 Å². The smallest absolute Gasteiger partial charge is 0.156 e. The van der Waals surface area contributed by atoms with E-state index in [1.807, 2.05) is 24.3 Å². The Morgan fingerprint density at radius 2 is 2.05 bits per heavy atom. The Morgan fingerprint density at radius 3 is 2.58 bits per heavy atom. The van der Waals surface area contributed by atoms with Crippen LogP contribution in [0, 0.1) is 0 Å². The highest BCUT2D eigenvalue weighted by molar-refractivity contribution is 5.91. The van der Waals surface area contributed by atoms with Gasteiger partial charge in [-0.3, -0.25) is 4.79 Å². The summed E-state index contributed by atoms with van der Waals surface area (Å²) in [5.41, 5.74) is 9.12. The van der Waals surface area contributed by atoms with E-state index >= 15 is 0 Å². The molecule has 19 heavy (non-hydrogen) atoms. The normalized spacial score (nSPS) is 10.4. The molecular weight excluding hydrogens is 238 g/mol. The summed E-state index contributed by atoms with van der Waals surface area (Å²) in [6.07, 6.45) is 3.43. The number of anilines is 1. The number of aldehydes is 1. The number of aromatic nitrogens is 2. The Kier molecular flexibility index (Phi) is 3.80. The van der Waals surface area contributed by atoms with Crippen LogP contribution in [0.25, 0.3) is 11.3 Å². The van der Waals surface area contributed by atoms with Crippen LogP contribution in [0.1, 0.15) is 22.8 Å². The number of hydrogen-bond donors (Lipinski definition) is 1. The largest absolute Gasteiger partial charge is 0.383 e. The minimum atomic E-state index is 0.379. The molecular formula is C15H17N3O. The van der Waals surface area contributed by atoms with Crippen molar-refractivity contribution >= 4 is 12.1 Å². The number of carbonyl (C=O) groups excluding carboxylic acids is 1. The number of carbonyl (C=O) groups is 1. The molecule has 0 saturated carbocycles. The number of allylic oxidation sites excluding steroid dienone is 1. The van der Waals surface area contributed by atoms with Crippen LogP contribution in [0.5, 0.6) is 0 Å². The van der Waals surface area contributed by atoms with Crippen LogP contribution < -0.4 is 5.73 Å². The van der Waals surface area contributed by atoms with Crippen molar-refractivity contribution in [2.24, 2.45) is 0 Å². The minimum absolute atomic E-state index is 0.379. The Hall–Kier alpha value is -2.36. The summed E-state index contributed by atoms with van der Waals surface area (Å²) in [5.74, 6) is 0.379. The zero-order valence-electron chi connectivity index (χ0n) is 11.0.